The molecular weight excluding hydrogens is 246 g/mol. The predicted molar refractivity (Wildman–Crippen MR) is 85.9 cm³/mol. The van der Waals surface area contributed by atoms with E-state index >= 15 is 0 Å². The Kier molecular flexibility index (Phi) is 6.70. The van der Waals surface area contributed by atoms with E-state index in [-0.39, 0.29) is 5.41 Å². The van der Waals surface area contributed by atoms with Gasteiger partial charge in [0, 0.05) is 6.54 Å². The van der Waals surface area contributed by atoms with E-state index in [9.17, 15) is 0 Å². The van der Waals surface area contributed by atoms with Crippen molar-refractivity contribution in [3.05, 3.63) is 11.4 Å². The molecule has 1 aromatic rings. The van der Waals surface area contributed by atoms with Crippen molar-refractivity contribution in [3.8, 4) is 0 Å². The second-order valence-corrected chi connectivity index (χ2v) is 7.60. The predicted octanol–water partition coefficient (Wildman–Crippen LogP) is 4.65. The molecule has 0 atom stereocenters. The molecule has 0 bridgehead atoms. The van der Waals surface area contributed by atoms with Gasteiger partial charge in [-0.2, -0.15) is 0 Å². The van der Waals surface area contributed by atoms with Gasteiger partial charge in [0.25, 0.3) is 0 Å². The lowest BCUT2D eigenvalue weighted by molar-refractivity contribution is 0.403. The van der Waals surface area contributed by atoms with Gasteiger partial charge in [0.2, 0.25) is 0 Å². The molecule has 3 heteroatoms. The van der Waals surface area contributed by atoms with Crippen molar-refractivity contribution in [1.82, 2.24) is 15.0 Å². The Morgan fingerprint density at radius 1 is 1.10 bits per heavy atom. The Hall–Kier alpha value is -0.860. The zero-order valence-corrected chi connectivity index (χ0v) is 14.4. The van der Waals surface area contributed by atoms with Crippen LogP contribution in [0.4, 0.5) is 0 Å². The highest BCUT2D eigenvalue weighted by Gasteiger charge is 2.20. The highest BCUT2D eigenvalue weighted by Crippen LogP contribution is 2.23. The summed E-state index contributed by atoms with van der Waals surface area (Å²) in [5.41, 5.74) is 2.85. The van der Waals surface area contributed by atoms with Gasteiger partial charge in [-0.15, -0.1) is 5.10 Å². The third-order valence-electron chi connectivity index (χ3n) is 3.44. The minimum Gasteiger partial charge on any atom is -0.249 e. The molecule has 116 valence electrons. The van der Waals surface area contributed by atoms with Gasteiger partial charge >= 0.3 is 0 Å². The first kappa shape index (κ1) is 17.2. The summed E-state index contributed by atoms with van der Waals surface area (Å²) in [5.74, 6) is 0.654. The number of rotatable bonds is 8. The summed E-state index contributed by atoms with van der Waals surface area (Å²) >= 11 is 0. The van der Waals surface area contributed by atoms with E-state index in [1.807, 2.05) is 0 Å². The SMILES string of the molecule is CCCCCCn1nnc(CC(C)(C)C)c1CC(C)C. The van der Waals surface area contributed by atoms with Crippen LogP contribution in [0.15, 0.2) is 0 Å². The van der Waals surface area contributed by atoms with Crippen LogP contribution in [0.3, 0.4) is 0 Å². The molecule has 0 unspecified atom stereocenters. The van der Waals surface area contributed by atoms with Crippen LogP contribution in [0.5, 0.6) is 0 Å². The molecule has 0 radical (unpaired) electrons. The lowest BCUT2D eigenvalue weighted by Gasteiger charge is -2.18. The highest BCUT2D eigenvalue weighted by molar-refractivity contribution is 5.12. The zero-order valence-electron chi connectivity index (χ0n) is 14.4. The molecule has 0 saturated heterocycles. The summed E-state index contributed by atoms with van der Waals surface area (Å²) in [6, 6.07) is 0. The van der Waals surface area contributed by atoms with Crippen molar-refractivity contribution in [1.29, 1.82) is 0 Å². The van der Waals surface area contributed by atoms with Crippen LogP contribution in [0.25, 0.3) is 0 Å². The summed E-state index contributed by atoms with van der Waals surface area (Å²) < 4.78 is 2.16. The van der Waals surface area contributed by atoms with E-state index in [1.54, 1.807) is 0 Å². The first-order chi connectivity index (χ1) is 9.33. The Morgan fingerprint density at radius 3 is 2.35 bits per heavy atom. The van der Waals surface area contributed by atoms with Crippen LogP contribution in [0, 0.1) is 11.3 Å². The summed E-state index contributed by atoms with van der Waals surface area (Å²) in [5, 5.41) is 8.88. The maximum atomic E-state index is 4.47. The Labute approximate surface area is 125 Å². The molecule has 0 aromatic carbocycles. The molecule has 0 N–H and O–H groups in total. The second-order valence-electron chi connectivity index (χ2n) is 7.60. The van der Waals surface area contributed by atoms with E-state index in [0.717, 1.165) is 19.4 Å². The Morgan fingerprint density at radius 2 is 1.80 bits per heavy atom. The molecule has 1 aromatic heterocycles. The highest BCUT2D eigenvalue weighted by atomic mass is 15.4. The van der Waals surface area contributed by atoms with Gasteiger partial charge in [0.05, 0.1) is 11.4 Å². The van der Waals surface area contributed by atoms with Gasteiger partial charge in [-0.3, -0.25) is 0 Å². The molecule has 0 saturated carbocycles. The van der Waals surface area contributed by atoms with Crippen LogP contribution in [0.1, 0.15) is 78.6 Å². The fourth-order valence-corrected chi connectivity index (χ4v) is 2.49. The van der Waals surface area contributed by atoms with Gasteiger partial charge in [0.1, 0.15) is 0 Å². The lowest BCUT2D eigenvalue weighted by atomic mass is 9.89. The molecule has 20 heavy (non-hydrogen) atoms. The maximum Gasteiger partial charge on any atom is 0.0864 e. The second kappa shape index (κ2) is 7.80. The first-order valence-electron chi connectivity index (χ1n) is 8.24. The fraction of sp³-hybridized carbons (Fsp3) is 0.882. The number of aromatic nitrogens is 3. The molecule has 0 fully saturated rings. The number of unbranched alkanes of at least 4 members (excludes halogenated alkanes) is 3. The standard InChI is InChI=1S/C17H33N3/c1-7-8-9-10-11-20-16(12-14(2)3)15(18-19-20)13-17(4,5)6/h14H,7-13H2,1-6H3. The largest absolute Gasteiger partial charge is 0.249 e. The molecule has 3 nitrogen and oxygen atoms in total. The maximum absolute atomic E-state index is 4.47. The van der Waals surface area contributed by atoms with Crippen molar-refractivity contribution in [2.75, 3.05) is 0 Å². The van der Waals surface area contributed by atoms with E-state index in [4.69, 9.17) is 0 Å². The van der Waals surface area contributed by atoms with Crippen LogP contribution in [-0.4, -0.2) is 15.0 Å². The average Bonchev–Trinajstić information content (AvgIpc) is 2.65. The number of aryl methyl sites for hydroxylation is 1. The smallest absolute Gasteiger partial charge is 0.0864 e. The summed E-state index contributed by atoms with van der Waals surface area (Å²) in [4.78, 5) is 0. The quantitative estimate of drug-likeness (QED) is 0.649. The number of hydrogen-bond acceptors (Lipinski definition) is 2. The van der Waals surface area contributed by atoms with Gasteiger partial charge in [-0.25, -0.2) is 4.68 Å². The third kappa shape index (κ3) is 6.06. The third-order valence-corrected chi connectivity index (χ3v) is 3.44. The van der Waals surface area contributed by atoms with Gasteiger partial charge < -0.3 is 0 Å². The van der Waals surface area contributed by atoms with Crippen molar-refractivity contribution < 1.29 is 0 Å². The Balaban J connectivity index is 2.77. The van der Waals surface area contributed by atoms with Crippen LogP contribution in [0.2, 0.25) is 0 Å². The Bertz CT molecular complexity index is 385. The van der Waals surface area contributed by atoms with Gasteiger partial charge in [-0.05, 0) is 30.6 Å². The van der Waals surface area contributed by atoms with Crippen molar-refractivity contribution in [2.24, 2.45) is 11.3 Å². The topological polar surface area (TPSA) is 30.7 Å². The molecule has 0 aliphatic carbocycles. The van der Waals surface area contributed by atoms with Crippen LogP contribution >= 0.6 is 0 Å². The molecule has 1 rings (SSSR count). The molecule has 0 aliphatic rings. The average molecular weight is 279 g/mol. The molecule has 0 spiro atoms. The normalized spacial score (nSPS) is 12.3. The summed E-state index contributed by atoms with van der Waals surface area (Å²) in [6.45, 7) is 14.6. The van der Waals surface area contributed by atoms with Gasteiger partial charge in [-0.1, -0.05) is 66.0 Å². The minimum atomic E-state index is 0.273. The zero-order chi connectivity index (χ0) is 15.2. The summed E-state index contributed by atoms with van der Waals surface area (Å²) in [7, 11) is 0. The van der Waals surface area contributed by atoms with Crippen LogP contribution in [-0.2, 0) is 19.4 Å². The van der Waals surface area contributed by atoms with Crippen LogP contribution < -0.4 is 0 Å². The van der Waals surface area contributed by atoms with Crippen molar-refractivity contribution >= 4 is 0 Å². The van der Waals surface area contributed by atoms with Crippen molar-refractivity contribution in [2.45, 2.75) is 86.6 Å². The van der Waals surface area contributed by atoms with Gasteiger partial charge in [0.15, 0.2) is 0 Å². The minimum absolute atomic E-state index is 0.273. The van der Waals surface area contributed by atoms with E-state index in [1.165, 1.54) is 37.1 Å². The fourth-order valence-electron chi connectivity index (χ4n) is 2.49. The molecular formula is C17H33N3. The summed E-state index contributed by atoms with van der Waals surface area (Å²) in [6.07, 6.45) is 7.23. The molecule has 0 aliphatic heterocycles. The molecule has 0 amide bonds. The number of hydrogen-bond donors (Lipinski definition) is 0. The van der Waals surface area contributed by atoms with E-state index < -0.39 is 0 Å². The monoisotopic (exact) mass is 279 g/mol. The number of nitrogens with zero attached hydrogens (tertiary/aromatic N) is 3. The van der Waals surface area contributed by atoms with Crippen molar-refractivity contribution in [3.63, 3.8) is 0 Å². The molecule has 1 heterocycles. The van der Waals surface area contributed by atoms with E-state index in [2.05, 4.69) is 56.5 Å². The first-order valence-corrected chi connectivity index (χ1v) is 8.24. The lowest BCUT2D eigenvalue weighted by Crippen LogP contribution is -2.14. The van der Waals surface area contributed by atoms with E-state index in [0.29, 0.717) is 5.92 Å².